The number of aromatic nitrogens is 2. The maximum atomic E-state index is 12.9. The van der Waals surface area contributed by atoms with Crippen LogP contribution in [0.3, 0.4) is 0 Å². The Morgan fingerprint density at radius 1 is 1.10 bits per heavy atom. The van der Waals surface area contributed by atoms with Crippen LogP contribution in [0.1, 0.15) is 40.3 Å². The molecular weight excluding hydrogens is 460 g/mol. The third-order valence-corrected chi connectivity index (χ3v) is 6.30. The second-order valence-corrected chi connectivity index (χ2v) is 8.82. The highest BCUT2D eigenvalue weighted by Gasteiger charge is 2.29. The average Bonchev–Trinajstić information content (AvgIpc) is 3.26. The Hall–Kier alpha value is -2.71. The predicted octanol–water partition coefficient (Wildman–Crippen LogP) is 4.34. The normalized spacial score (nSPS) is 15.8. The smallest absolute Gasteiger partial charge is 0.257 e. The second-order valence-electron chi connectivity index (χ2n) is 7.97. The number of amides is 1. The number of piperazine rings is 1. The molecule has 8 heteroatoms. The van der Waals surface area contributed by atoms with E-state index in [9.17, 15) is 9.90 Å². The monoisotopic (exact) mass is 484 g/mol. The number of nitrogens with zero attached hydrogens (tertiary/aromatic N) is 4. The fourth-order valence-corrected chi connectivity index (χ4v) is 4.34. The Morgan fingerprint density at radius 3 is 2.45 bits per heavy atom. The largest absolute Gasteiger partial charge is 0.506 e. The molecule has 1 aromatic heterocycles. The first-order chi connectivity index (χ1) is 14.8. The average molecular weight is 485 g/mol. The van der Waals surface area contributed by atoms with Crippen LogP contribution < -0.4 is 0 Å². The molecule has 2 aromatic carbocycles. The summed E-state index contributed by atoms with van der Waals surface area (Å²) in [6.45, 7) is 8.46. The number of rotatable bonds is 4. The molecule has 1 aliphatic heterocycles. The minimum atomic E-state index is -0.159. The Bertz CT molecular complexity index is 1090. The van der Waals surface area contributed by atoms with Crippen molar-refractivity contribution in [2.24, 2.45) is 0 Å². The fraction of sp³-hybridized carbons (Fsp3) is 0.348. The van der Waals surface area contributed by atoms with E-state index in [0.717, 1.165) is 11.1 Å². The summed E-state index contributed by atoms with van der Waals surface area (Å²) >= 11 is 3.31. The number of phenolic OH excluding ortho intramolecular Hbond substituents is 1. The number of hydrogen-bond donors (Lipinski definition) is 1. The summed E-state index contributed by atoms with van der Waals surface area (Å²) in [7, 11) is 0. The lowest BCUT2D eigenvalue weighted by atomic mass is 10.1. The molecule has 2 heterocycles. The minimum absolute atomic E-state index is 0.0131. The highest BCUT2D eigenvalue weighted by molar-refractivity contribution is 9.10. The van der Waals surface area contributed by atoms with E-state index in [1.54, 1.807) is 17.0 Å². The van der Waals surface area contributed by atoms with E-state index in [4.69, 9.17) is 4.52 Å². The summed E-state index contributed by atoms with van der Waals surface area (Å²) < 4.78 is 6.06. The molecule has 1 amide bonds. The van der Waals surface area contributed by atoms with Gasteiger partial charge in [-0.1, -0.05) is 35.0 Å². The highest BCUT2D eigenvalue weighted by atomic mass is 79.9. The fourth-order valence-electron chi connectivity index (χ4n) is 3.76. The van der Waals surface area contributed by atoms with Crippen LogP contribution in [0.15, 0.2) is 45.4 Å². The second kappa shape index (κ2) is 8.80. The van der Waals surface area contributed by atoms with Crippen molar-refractivity contribution in [3.05, 3.63) is 63.5 Å². The van der Waals surface area contributed by atoms with Gasteiger partial charge in [-0.15, -0.1) is 0 Å². The number of carbonyl (C=O) groups is 1. The first kappa shape index (κ1) is 21.5. The maximum Gasteiger partial charge on any atom is 0.257 e. The van der Waals surface area contributed by atoms with Crippen molar-refractivity contribution in [2.75, 3.05) is 26.2 Å². The van der Waals surface area contributed by atoms with Crippen molar-refractivity contribution in [2.45, 2.75) is 26.8 Å². The molecule has 1 saturated heterocycles. The van der Waals surface area contributed by atoms with E-state index in [1.165, 1.54) is 5.56 Å². The molecule has 1 N–H and O–H groups in total. The number of phenols is 1. The number of benzene rings is 2. The highest BCUT2D eigenvalue weighted by Crippen LogP contribution is 2.31. The molecule has 7 nitrogen and oxygen atoms in total. The third kappa shape index (κ3) is 4.50. The topological polar surface area (TPSA) is 82.7 Å². The van der Waals surface area contributed by atoms with Crippen LogP contribution >= 0.6 is 15.9 Å². The van der Waals surface area contributed by atoms with Crippen LogP contribution in [-0.2, 0) is 0 Å². The molecule has 0 spiro atoms. The molecule has 0 unspecified atom stereocenters. The minimum Gasteiger partial charge on any atom is -0.506 e. The van der Waals surface area contributed by atoms with Gasteiger partial charge in [0.05, 0.1) is 16.1 Å². The van der Waals surface area contributed by atoms with E-state index in [1.807, 2.05) is 45.0 Å². The molecule has 1 atom stereocenters. The van der Waals surface area contributed by atoms with E-state index in [-0.39, 0.29) is 17.7 Å². The molecule has 0 bridgehead atoms. The molecule has 0 saturated carbocycles. The van der Waals surface area contributed by atoms with Crippen molar-refractivity contribution >= 4 is 21.8 Å². The number of aromatic hydroxyl groups is 1. The Morgan fingerprint density at radius 2 is 1.77 bits per heavy atom. The molecule has 1 fully saturated rings. The molecular formula is C23H25BrN4O3. The van der Waals surface area contributed by atoms with Gasteiger partial charge in [-0.2, -0.15) is 4.98 Å². The number of halogens is 1. The van der Waals surface area contributed by atoms with Crippen molar-refractivity contribution in [3.8, 4) is 17.1 Å². The Balaban J connectivity index is 1.41. The van der Waals surface area contributed by atoms with Gasteiger partial charge in [0.15, 0.2) is 0 Å². The zero-order chi connectivity index (χ0) is 22.1. The number of aryl methyl sites for hydroxylation is 2. The maximum absolute atomic E-state index is 12.9. The van der Waals surface area contributed by atoms with Crippen LogP contribution in [-0.4, -0.2) is 57.1 Å². The van der Waals surface area contributed by atoms with Crippen LogP contribution in [0.4, 0.5) is 0 Å². The van der Waals surface area contributed by atoms with E-state index in [0.29, 0.717) is 47.9 Å². The van der Waals surface area contributed by atoms with Gasteiger partial charge in [-0.25, -0.2) is 0 Å². The van der Waals surface area contributed by atoms with E-state index < -0.39 is 0 Å². The summed E-state index contributed by atoms with van der Waals surface area (Å²) in [5.41, 5.74) is 3.35. The molecule has 0 aliphatic carbocycles. The summed E-state index contributed by atoms with van der Waals surface area (Å²) in [6.07, 6.45) is 0. The molecule has 162 valence electrons. The van der Waals surface area contributed by atoms with Crippen molar-refractivity contribution in [1.82, 2.24) is 19.9 Å². The molecule has 31 heavy (non-hydrogen) atoms. The lowest BCUT2D eigenvalue weighted by Gasteiger charge is -2.37. The van der Waals surface area contributed by atoms with Crippen LogP contribution in [0.2, 0.25) is 0 Å². The molecule has 1 aliphatic rings. The zero-order valence-electron chi connectivity index (χ0n) is 17.8. The van der Waals surface area contributed by atoms with Crippen molar-refractivity contribution in [3.63, 3.8) is 0 Å². The predicted molar refractivity (Wildman–Crippen MR) is 121 cm³/mol. The summed E-state index contributed by atoms with van der Waals surface area (Å²) in [5, 5.41) is 14.4. The summed E-state index contributed by atoms with van der Waals surface area (Å²) in [4.78, 5) is 21.5. The van der Waals surface area contributed by atoms with Gasteiger partial charge in [0, 0.05) is 31.7 Å². The quantitative estimate of drug-likeness (QED) is 0.592. The lowest BCUT2D eigenvalue weighted by Crippen LogP contribution is -2.49. The van der Waals surface area contributed by atoms with Gasteiger partial charge in [0.1, 0.15) is 5.75 Å². The van der Waals surface area contributed by atoms with Gasteiger partial charge in [0.2, 0.25) is 11.7 Å². The van der Waals surface area contributed by atoms with Crippen LogP contribution in [0.5, 0.6) is 5.75 Å². The van der Waals surface area contributed by atoms with Gasteiger partial charge in [-0.05, 0) is 54.4 Å². The first-order valence-corrected chi connectivity index (χ1v) is 11.1. The SMILES string of the molecule is Cc1ccc(-c2noc([C@H](C)N3CCN(C(=O)c4cc(C)cc(Br)c4O)CC3)n2)cc1. The summed E-state index contributed by atoms with van der Waals surface area (Å²) in [5.74, 6) is 0.973. The number of hydrogen-bond acceptors (Lipinski definition) is 6. The van der Waals surface area contributed by atoms with Gasteiger partial charge >= 0.3 is 0 Å². The Labute approximate surface area is 189 Å². The van der Waals surface area contributed by atoms with Gasteiger partial charge in [0.25, 0.3) is 5.91 Å². The van der Waals surface area contributed by atoms with E-state index in [2.05, 4.69) is 31.0 Å². The first-order valence-electron chi connectivity index (χ1n) is 10.3. The zero-order valence-corrected chi connectivity index (χ0v) is 19.4. The Kier molecular flexibility index (Phi) is 6.11. The van der Waals surface area contributed by atoms with Gasteiger partial charge in [-0.3, -0.25) is 9.69 Å². The molecule has 4 rings (SSSR count). The number of carbonyl (C=O) groups excluding carboxylic acids is 1. The molecule has 3 aromatic rings. The van der Waals surface area contributed by atoms with Crippen LogP contribution in [0.25, 0.3) is 11.4 Å². The van der Waals surface area contributed by atoms with Gasteiger partial charge < -0.3 is 14.5 Å². The van der Waals surface area contributed by atoms with Crippen LogP contribution in [0, 0.1) is 13.8 Å². The van der Waals surface area contributed by atoms with Crippen molar-refractivity contribution in [1.29, 1.82) is 0 Å². The standard InChI is InChI=1S/C23H25BrN4O3/c1-14-4-6-17(7-5-14)21-25-22(31-26-21)16(3)27-8-10-28(11-9-27)23(30)18-12-15(2)13-19(24)20(18)29/h4-7,12-13,16,29H,8-11H2,1-3H3/t16-/m0/s1. The van der Waals surface area contributed by atoms with E-state index >= 15 is 0 Å². The third-order valence-electron chi connectivity index (χ3n) is 5.70. The van der Waals surface area contributed by atoms with Crippen molar-refractivity contribution < 1.29 is 14.4 Å². The summed E-state index contributed by atoms with van der Waals surface area (Å²) in [6, 6.07) is 11.5. The molecule has 0 radical (unpaired) electrons. The lowest BCUT2D eigenvalue weighted by molar-refractivity contribution is 0.0549.